The maximum absolute atomic E-state index is 11.3. The molecular formula is C115H146ClN5O8S5. The van der Waals surface area contributed by atoms with Crippen LogP contribution in [0.15, 0.2) is 170 Å². The van der Waals surface area contributed by atoms with E-state index in [0.717, 1.165) is 113 Å². The molecule has 716 valence electrons. The number of phenolic OH excluding ortho intramolecular Hbond substituents is 4. The van der Waals surface area contributed by atoms with E-state index in [1.807, 2.05) is 80.6 Å². The van der Waals surface area contributed by atoms with Gasteiger partial charge in [0.05, 0.1) is 0 Å². The number of aromatic hydroxyl groups is 4. The van der Waals surface area contributed by atoms with E-state index in [1.54, 1.807) is 75.0 Å². The Morgan fingerprint density at radius 2 is 0.381 bits per heavy atom. The third kappa shape index (κ3) is 31.7. The molecule has 0 heterocycles. The van der Waals surface area contributed by atoms with Crippen molar-refractivity contribution < 1.29 is 39.4 Å². The van der Waals surface area contributed by atoms with Crippen molar-refractivity contribution in [1.82, 2.24) is 24.5 Å². The van der Waals surface area contributed by atoms with Crippen molar-refractivity contribution in [3.05, 3.63) is 192 Å². The van der Waals surface area contributed by atoms with Gasteiger partial charge in [-0.25, -0.2) is 0 Å². The maximum Gasteiger partial charge on any atom is 0.264 e. The van der Waals surface area contributed by atoms with Crippen LogP contribution in [0.2, 0.25) is 0 Å². The van der Waals surface area contributed by atoms with Crippen LogP contribution in [0.5, 0.6) is 46.0 Å². The molecular weight excluding hydrogens is 1780 g/mol. The van der Waals surface area contributed by atoms with Crippen LogP contribution in [0.25, 0.3) is 109 Å². The third-order valence-corrected chi connectivity index (χ3v) is 27.7. The molecule has 0 aliphatic heterocycles. The first-order valence-electron chi connectivity index (χ1n) is 49.3. The minimum atomic E-state index is 0.0341. The zero-order valence-electron chi connectivity index (χ0n) is 82.2. The van der Waals surface area contributed by atoms with Crippen LogP contribution >= 0.6 is 72.7 Å². The van der Waals surface area contributed by atoms with Crippen molar-refractivity contribution >= 4 is 162 Å². The van der Waals surface area contributed by atoms with Crippen molar-refractivity contribution in [3.63, 3.8) is 0 Å². The summed E-state index contributed by atoms with van der Waals surface area (Å²) in [5.41, 5.74) is 10.4. The van der Waals surface area contributed by atoms with Crippen LogP contribution in [0.4, 0.5) is 0 Å². The van der Waals surface area contributed by atoms with Crippen LogP contribution in [-0.4, -0.2) is 141 Å². The fourth-order valence-corrected chi connectivity index (χ4v) is 17.6. The molecule has 12 aromatic carbocycles. The second-order valence-electron chi connectivity index (χ2n) is 37.4. The molecule has 0 spiro atoms. The van der Waals surface area contributed by atoms with E-state index < -0.39 is 0 Å². The summed E-state index contributed by atoms with van der Waals surface area (Å²) in [6, 6.07) is 57.5. The zero-order valence-corrected chi connectivity index (χ0v) is 87.0. The van der Waals surface area contributed by atoms with Gasteiger partial charge in [-0.15, -0.1) is 0 Å². The quantitative estimate of drug-likeness (QED) is 0.0125. The number of fused-ring (bicyclic) bond motifs is 6. The summed E-state index contributed by atoms with van der Waals surface area (Å²) in [4.78, 5) is 8.83. The van der Waals surface area contributed by atoms with E-state index in [2.05, 4.69) is 149 Å². The molecule has 0 fully saturated rings. The SMILES string of the molecule is CCCCCCCCCCc1ccc2cc(-c3cc4cc(O)c(-c5cc6ccc(CCCCCCCCCC)cc6cc5O)cc4cc3O)c(O)cc2c1.CCCCCCCCCCc1ccc2cc(-c3cc4cc(OC(=S)N(C)C)c(-c5cc6ccc(CCCCCCCCCC)cc6cc5OC(=S)N(C)C)cc4cc3OC(=S)N(C)C)c(OC(=S)N(C)C)cc2c1.CN(C)C(=S)Cl. The third-order valence-electron chi connectivity index (χ3n) is 25.2. The summed E-state index contributed by atoms with van der Waals surface area (Å²) in [5, 5.41) is 57.6. The largest absolute Gasteiger partial charge is 0.507 e. The van der Waals surface area contributed by atoms with E-state index in [4.69, 9.17) is 79.4 Å². The number of nitrogens with zero attached hydrogens (tertiary/aromatic N) is 5. The summed E-state index contributed by atoms with van der Waals surface area (Å²) < 4.78 is 26.9. The van der Waals surface area contributed by atoms with Gasteiger partial charge in [0.1, 0.15) is 46.0 Å². The fraction of sp³-hybridized carbons (Fsp3) is 0.435. The lowest BCUT2D eigenvalue weighted by atomic mass is 9.92. The van der Waals surface area contributed by atoms with Gasteiger partial charge in [-0.1, -0.05) is 292 Å². The van der Waals surface area contributed by atoms with Gasteiger partial charge in [0, 0.05) is 115 Å². The number of hydrogen-bond acceptors (Lipinski definition) is 13. The summed E-state index contributed by atoms with van der Waals surface area (Å²) in [6.45, 7) is 9.05. The van der Waals surface area contributed by atoms with Gasteiger partial charge in [-0.3, -0.25) is 0 Å². The highest BCUT2D eigenvalue weighted by Gasteiger charge is 2.25. The van der Waals surface area contributed by atoms with Crippen molar-refractivity contribution in [3.8, 4) is 90.5 Å². The van der Waals surface area contributed by atoms with E-state index in [0.29, 0.717) is 70.4 Å². The number of halogens is 1. The highest BCUT2D eigenvalue weighted by atomic mass is 35.5. The van der Waals surface area contributed by atoms with E-state index in [9.17, 15) is 20.4 Å². The van der Waals surface area contributed by atoms with Gasteiger partial charge in [-0.05, 0) is 296 Å². The predicted molar refractivity (Wildman–Crippen MR) is 591 cm³/mol. The molecule has 12 rings (SSSR count). The van der Waals surface area contributed by atoms with E-state index in [1.165, 1.54) is 228 Å². The second-order valence-corrected chi connectivity index (χ2v) is 39.8. The van der Waals surface area contributed by atoms with E-state index >= 15 is 0 Å². The van der Waals surface area contributed by atoms with Crippen molar-refractivity contribution in [2.45, 2.75) is 259 Å². The number of unbranched alkanes of at least 4 members (excludes halogenated alkanes) is 28. The Hall–Kier alpha value is -9.66. The van der Waals surface area contributed by atoms with Crippen LogP contribution < -0.4 is 18.9 Å². The first kappa shape index (κ1) is 106. The lowest BCUT2D eigenvalue weighted by Crippen LogP contribution is -2.26. The average Bonchev–Trinajstić information content (AvgIpc) is 0.749. The standard InChI is InChI=1S/C62H80N4O4S4.C50H60O4.C3H6ClNS/c1-11-13-15-17-19-21-23-25-27-43-29-31-45-35-51(55(39-47(45)33-43)67-59(71)63(3)4)53-37-49-42-58(70-62(74)66(9)10)54(38-50(49)41-57(53)69-61(73)65(7)8)52-36-46-32-30-44(28-26-24-22-20-18-16-14-12-2)34-48(46)40-56(52)68-60(72)64(5)6;1-3-5-7-9-11-13-15-17-19-35-21-23-37-27-43(47(51)31-39(37)25-35)45-29-41-34-50(54)46(30-42(41)33-49(45)53)44-28-38-24-22-36(26-40(38)32-48(44)52)20-18-16-14-12-10-8-6-4-2;1-5(2)3(4)6/h29-42H,11-28H2,1-10H3;21-34,51-54H,3-20H2,1-2H3;1-2H3. The van der Waals surface area contributed by atoms with Crippen LogP contribution in [0.3, 0.4) is 0 Å². The Morgan fingerprint density at radius 1 is 0.216 bits per heavy atom. The molecule has 0 aromatic heterocycles. The molecule has 0 saturated heterocycles. The number of aryl methyl sites for hydroxylation is 4. The molecule has 0 unspecified atom stereocenters. The van der Waals surface area contributed by atoms with Crippen LogP contribution in [-0.2, 0) is 25.7 Å². The summed E-state index contributed by atoms with van der Waals surface area (Å²) in [7, 11) is 18.7. The topological polar surface area (TPSA) is 134 Å². The van der Waals surface area contributed by atoms with Crippen molar-refractivity contribution in [2.24, 2.45) is 0 Å². The molecule has 4 N–H and O–H groups in total. The average molecular weight is 1920 g/mol. The van der Waals surface area contributed by atoms with E-state index in [-0.39, 0.29) is 23.0 Å². The highest BCUT2D eigenvalue weighted by Crippen LogP contribution is 2.49. The van der Waals surface area contributed by atoms with Gasteiger partial charge in [0.2, 0.25) is 0 Å². The Labute approximate surface area is 831 Å². The number of ether oxygens (including phenoxy) is 4. The van der Waals surface area contributed by atoms with Gasteiger partial charge >= 0.3 is 0 Å². The summed E-state index contributed by atoms with van der Waals surface area (Å²) >= 11 is 33.1. The molecule has 13 nitrogen and oxygen atoms in total. The van der Waals surface area contributed by atoms with Crippen molar-refractivity contribution in [1.29, 1.82) is 0 Å². The first-order chi connectivity index (χ1) is 64.5. The van der Waals surface area contributed by atoms with Gasteiger partial charge in [0.25, 0.3) is 20.7 Å². The minimum Gasteiger partial charge on any atom is -0.507 e. The molecule has 12 aromatic rings. The lowest BCUT2D eigenvalue weighted by molar-refractivity contribution is 0.446. The predicted octanol–water partition coefficient (Wildman–Crippen LogP) is 32.5. The Morgan fingerprint density at radius 3 is 0.582 bits per heavy atom. The summed E-state index contributed by atoms with van der Waals surface area (Å²) in [6.07, 6.45) is 45.5. The zero-order chi connectivity index (χ0) is 96.3. The molecule has 0 aliphatic rings. The number of benzene rings is 12. The van der Waals surface area contributed by atoms with Crippen molar-refractivity contribution in [2.75, 3.05) is 70.5 Å². The number of rotatable bonds is 44. The molecule has 19 heteroatoms. The fourth-order valence-electron chi connectivity index (χ4n) is 17.2. The smallest absolute Gasteiger partial charge is 0.264 e. The van der Waals surface area contributed by atoms with Crippen LogP contribution in [0.1, 0.15) is 255 Å². The molecule has 0 bridgehead atoms. The molecule has 0 saturated carbocycles. The number of phenols is 4. The number of thiocarbonyl (C=S) groups is 5. The molecule has 0 amide bonds. The highest BCUT2D eigenvalue weighted by molar-refractivity contribution is 7.83. The monoisotopic (exact) mass is 1920 g/mol. The first-order valence-corrected chi connectivity index (χ1v) is 51.7. The normalized spacial score (nSPS) is 11.2. The summed E-state index contributed by atoms with van der Waals surface area (Å²) in [5.74, 6) is 2.60. The molecule has 134 heavy (non-hydrogen) atoms. The molecule has 0 aliphatic carbocycles. The second kappa shape index (κ2) is 54.3. The lowest BCUT2D eigenvalue weighted by Gasteiger charge is -2.23. The Kier molecular flexibility index (Phi) is 43.1. The Balaban J connectivity index is 0.000000272. The maximum atomic E-state index is 11.3. The molecule has 0 radical (unpaired) electrons. The van der Waals surface area contributed by atoms with Gasteiger partial charge < -0.3 is 63.9 Å². The Bertz CT molecular complexity index is 5600. The van der Waals surface area contributed by atoms with Crippen LogP contribution in [0, 0.1) is 0 Å². The van der Waals surface area contributed by atoms with Gasteiger partial charge in [0.15, 0.2) is 4.45 Å². The molecule has 0 atom stereocenters. The minimum absolute atomic E-state index is 0.0341. The number of hydrogen-bond donors (Lipinski definition) is 4. The van der Waals surface area contributed by atoms with Gasteiger partial charge in [-0.2, -0.15) is 0 Å².